The molecule has 0 aliphatic carbocycles. The maximum Gasteiger partial charge on any atom is 0.258 e. The molecule has 2 aromatic carbocycles. The number of hydrogen-bond donors (Lipinski definition) is 2. The highest BCUT2D eigenvalue weighted by atomic mass is 35.5. The third-order valence-electron chi connectivity index (χ3n) is 4.26. The number of nitrogens with one attached hydrogen (secondary N) is 2. The summed E-state index contributed by atoms with van der Waals surface area (Å²) in [5, 5.41) is 3.84. The molecule has 0 aliphatic heterocycles. The molecule has 1 amide bonds. The van der Waals surface area contributed by atoms with Crippen molar-refractivity contribution in [3.63, 3.8) is 0 Å². The second-order valence-electron chi connectivity index (χ2n) is 6.26. The second kappa shape index (κ2) is 8.86. The molecular formula is C20H21ClN4O3. The van der Waals surface area contributed by atoms with Gasteiger partial charge in [-0.25, -0.2) is 4.98 Å². The van der Waals surface area contributed by atoms with Gasteiger partial charge in [-0.15, -0.1) is 0 Å². The van der Waals surface area contributed by atoms with E-state index in [0.717, 1.165) is 0 Å². The number of nitrogens with zero attached hydrogens (tertiary/aromatic N) is 2. The van der Waals surface area contributed by atoms with Crippen LogP contribution in [0.2, 0.25) is 5.02 Å². The lowest BCUT2D eigenvalue weighted by atomic mass is 10.2. The molecule has 0 unspecified atom stereocenters. The van der Waals surface area contributed by atoms with E-state index >= 15 is 0 Å². The first-order chi connectivity index (χ1) is 13.5. The van der Waals surface area contributed by atoms with Crippen molar-refractivity contribution in [2.75, 3.05) is 25.5 Å². The third kappa shape index (κ3) is 4.88. The number of aromatic amines is 1. The Morgan fingerprint density at radius 1 is 1.29 bits per heavy atom. The highest BCUT2D eigenvalue weighted by Gasteiger charge is 2.13. The molecule has 1 heterocycles. The zero-order chi connectivity index (χ0) is 20.1. The Kier molecular flexibility index (Phi) is 6.28. The van der Waals surface area contributed by atoms with Crippen LogP contribution in [0.5, 0.6) is 5.75 Å². The summed E-state index contributed by atoms with van der Waals surface area (Å²) in [6.07, 6.45) is 0. The number of halogens is 1. The van der Waals surface area contributed by atoms with Gasteiger partial charge in [-0.05, 0) is 36.9 Å². The fourth-order valence-electron chi connectivity index (χ4n) is 2.83. The van der Waals surface area contributed by atoms with Gasteiger partial charge in [0.1, 0.15) is 11.6 Å². The minimum absolute atomic E-state index is 0.158. The molecule has 0 fully saturated rings. The summed E-state index contributed by atoms with van der Waals surface area (Å²) in [6, 6.07) is 12.1. The molecule has 28 heavy (non-hydrogen) atoms. The predicted molar refractivity (Wildman–Crippen MR) is 110 cm³/mol. The molecule has 0 saturated carbocycles. The van der Waals surface area contributed by atoms with Crippen molar-refractivity contribution in [1.82, 2.24) is 14.9 Å². The Morgan fingerprint density at radius 2 is 2.11 bits per heavy atom. The monoisotopic (exact) mass is 400 g/mol. The molecule has 0 bridgehead atoms. The minimum Gasteiger partial charge on any atom is -0.497 e. The van der Waals surface area contributed by atoms with Crippen LogP contribution in [0.3, 0.4) is 0 Å². The molecule has 146 valence electrons. The average Bonchev–Trinajstić information content (AvgIpc) is 2.67. The topological polar surface area (TPSA) is 87.3 Å². The molecule has 0 saturated heterocycles. The number of anilines is 1. The van der Waals surface area contributed by atoms with Crippen molar-refractivity contribution in [2.45, 2.75) is 13.5 Å². The van der Waals surface area contributed by atoms with Gasteiger partial charge >= 0.3 is 0 Å². The number of rotatable bonds is 7. The van der Waals surface area contributed by atoms with Gasteiger partial charge in [0.05, 0.1) is 31.1 Å². The van der Waals surface area contributed by atoms with Crippen molar-refractivity contribution in [1.29, 1.82) is 0 Å². The van der Waals surface area contributed by atoms with Crippen LogP contribution in [-0.4, -0.2) is 41.0 Å². The van der Waals surface area contributed by atoms with Crippen molar-refractivity contribution >= 4 is 34.1 Å². The number of hydrogen-bond acceptors (Lipinski definition) is 5. The number of benzene rings is 2. The number of carbonyl (C=O) groups is 1. The lowest BCUT2D eigenvalue weighted by Crippen LogP contribution is -2.33. The predicted octanol–water partition coefficient (Wildman–Crippen LogP) is 3.05. The fourth-order valence-corrected chi connectivity index (χ4v) is 3.00. The summed E-state index contributed by atoms with van der Waals surface area (Å²) in [4.78, 5) is 33.8. The molecule has 8 heteroatoms. The Labute approximate surface area is 167 Å². The Bertz CT molecular complexity index is 1050. The summed E-state index contributed by atoms with van der Waals surface area (Å²) in [5.74, 6) is 0.985. The first-order valence-electron chi connectivity index (χ1n) is 8.83. The van der Waals surface area contributed by atoms with Gasteiger partial charge in [0, 0.05) is 16.8 Å². The average molecular weight is 401 g/mol. The number of methoxy groups -OCH3 is 1. The van der Waals surface area contributed by atoms with E-state index in [4.69, 9.17) is 16.3 Å². The molecule has 0 spiro atoms. The maximum atomic E-state index is 12.4. The smallest absolute Gasteiger partial charge is 0.258 e. The standard InChI is InChI=1S/C20H21ClN4O3/c1-3-25(12-19(26)22-14-5-4-6-15(10-14)28-2)11-18-23-17-9-13(21)7-8-16(17)20(27)24-18/h4-10H,3,11-12H2,1-2H3,(H,22,26)(H,23,24,27). The van der Waals surface area contributed by atoms with Crippen molar-refractivity contribution in [2.24, 2.45) is 0 Å². The fraction of sp³-hybridized carbons (Fsp3) is 0.250. The summed E-state index contributed by atoms with van der Waals surface area (Å²) >= 11 is 6.00. The van der Waals surface area contributed by atoms with E-state index in [9.17, 15) is 9.59 Å². The van der Waals surface area contributed by atoms with E-state index in [1.165, 1.54) is 0 Å². The summed E-state index contributed by atoms with van der Waals surface area (Å²) in [5.41, 5.74) is 0.962. The number of likely N-dealkylation sites (N-methyl/N-ethyl adjacent to an activating group) is 1. The molecule has 3 aromatic rings. The Hall–Kier alpha value is -2.90. The number of ether oxygens (including phenoxy) is 1. The maximum absolute atomic E-state index is 12.4. The lowest BCUT2D eigenvalue weighted by Gasteiger charge is -2.19. The largest absolute Gasteiger partial charge is 0.497 e. The minimum atomic E-state index is -0.228. The number of carbonyl (C=O) groups excluding carboxylic acids is 1. The molecule has 0 radical (unpaired) electrons. The molecule has 0 atom stereocenters. The van der Waals surface area contributed by atoms with Crippen LogP contribution in [0.1, 0.15) is 12.7 Å². The van der Waals surface area contributed by atoms with Gasteiger partial charge in [-0.1, -0.05) is 24.6 Å². The van der Waals surface area contributed by atoms with E-state index in [0.29, 0.717) is 46.3 Å². The van der Waals surface area contributed by atoms with E-state index in [1.807, 2.05) is 17.9 Å². The zero-order valence-electron chi connectivity index (χ0n) is 15.7. The number of aromatic nitrogens is 2. The lowest BCUT2D eigenvalue weighted by molar-refractivity contribution is -0.117. The Balaban J connectivity index is 1.70. The number of H-pyrrole nitrogens is 1. The van der Waals surface area contributed by atoms with E-state index in [2.05, 4.69) is 15.3 Å². The molecule has 2 N–H and O–H groups in total. The van der Waals surface area contributed by atoms with Crippen LogP contribution in [0, 0.1) is 0 Å². The zero-order valence-corrected chi connectivity index (χ0v) is 16.4. The highest BCUT2D eigenvalue weighted by molar-refractivity contribution is 6.31. The van der Waals surface area contributed by atoms with Gasteiger partial charge in [-0.3, -0.25) is 14.5 Å². The summed E-state index contributed by atoms with van der Waals surface area (Å²) < 4.78 is 5.16. The first kappa shape index (κ1) is 19.9. The first-order valence-corrected chi connectivity index (χ1v) is 9.21. The normalized spacial score (nSPS) is 11.0. The number of fused-ring (bicyclic) bond motifs is 1. The van der Waals surface area contributed by atoms with Gasteiger partial charge in [0.2, 0.25) is 5.91 Å². The van der Waals surface area contributed by atoms with Gasteiger partial charge in [-0.2, -0.15) is 0 Å². The third-order valence-corrected chi connectivity index (χ3v) is 4.49. The SMILES string of the molecule is CCN(CC(=O)Nc1cccc(OC)c1)Cc1nc2cc(Cl)ccc2c(=O)[nH]1. The molecule has 0 aliphatic rings. The molecule has 7 nitrogen and oxygen atoms in total. The van der Waals surface area contributed by atoms with Crippen molar-refractivity contribution < 1.29 is 9.53 Å². The van der Waals surface area contributed by atoms with Crippen LogP contribution in [-0.2, 0) is 11.3 Å². The van der Waals surface area contributed by atoms with Gasteiger partial charge in [0.25, 0.3) is 5.56 Å². The van der Waals surface area contributed by atoms with Crippen molar-refractivity contribution in [3.8, 4) is 5.75 Å². The molecule has 3 rings (SSSR count). The van der Waals surface area contributed by atoms with Crippen LogP contribution in [0.4, 0.5) is 5.69 Å². The number of amides is 1. The van der Waals surface area contributed by atoms with E-state index < -0.39 is 0 Å². The van der Waals surface area contributed by atoms with Crippen LogP contribution < -0.4 is 15.6 Å². The second-order valence-corrected chi connectivity index (χ2v) is 6.69. The quantitative estimate of drug-likeness (QED) is 0.636. The van der Waals surface area contributed by atoms with Crippen LogP contribution in [0.25, 0.3) is 10.9 Å². The van der Waals surface area contributed by atoms with E-state index in [1.54, 1.807) is 43.5 Å². The van der Waals surface area contributed by atoms with Crippen LogP contribution in [0.15, 0.2) is 47.3 Å². The highest BCUT2D eigenvalue weighted by Crippen LogP contribution is 2.17. The Morgan fingerprint density at radius 3 is 2.86 bits per heavy atom. The van der Waals surface area contributed by atoms with Gasteiger partial charge < -0.3 is 15.0 Å². The van der Waals surface area contributed by atoms with Crippen LogP contribution >= 0.6 is 11.6 Å². The summed E-state index contributed by atoms with van der Waals surface area (Å²) in [6.45, 7) is 3.04. The van der Waals surface area contributed by atoms with E-state index in [-0.39, 0.29) is 18.0 Å². The molecular weight excluding hydrogens is 380 g/mol. The molecule has 1 aromatic heterocycles. The van der Waals surface area contributed by atoms with Gasteiger partial charge in [0.15, 0.2) is 0 Å². The van der Waals surface area contributed by atoms with Crippen molar-refractivity contribution in [3.05, 3.63) is 63.7 Å². The summed E-state index contributed by atoms with van der Waals surface area (Å²) in [7, 11) is 1.57.